The highest BCUT2D eigenvalue weighted by Crippen LogP contribution is 2.20. The zero-order valence-corrected chi connectivity index (χ0v) is 22.6. The van der Waals surface area contributed by atoms with Crippen LogP contribution in [-0.4, -0.2) is 62.8 Å². The molecule has 0 unspecified atom stereocenters. The van der Waals surface area contributed by atoms with Gasteiger partial charge < -0.3 is 24.5 Å². The van der Waals surface area contributed by atoms with Crippen LogP contribution >= 0.6 is 24.0 Å². The van der Waals surface area contributed by atoms with Crippen molar-refractivity contribution in [3.8, 4) is 5.75 Å². The molecule has 0 radical (unpaired) electrons. The molecule has 2 aromatic rings. The van der Waals surface area contributed by atoms with Crippen LogP contribution in [0.15, 0.2) is 33.7 Å². The zero-order chi connectivity index (χ0) is 22.8. The second-order valence-corrected chi connectivity index (χ2v) is 8.27. The molecule has 0 aliphatic carbocycles. The van der Waals surface area contributed by atoms with Gasteiger partial charge in [0.15, 0.2) is 5.96 Å². The maximum absolute atomic E-state index is 5.78. The Labute approximate surface area is 214 Å². The lowest BCUT2D eigenvalue weighted by Gasteiger charge is -2.31. The molecule has 0 bridgehead atoms. The highest BCUT2D eigenvalue weighted by Gasteiger charge is 2.21. The SMILES string of the molecule is CN=C(NCC1CCN(Cc2nc(C)c(C)o2)CC1)Nc1cccc(OCCCOC)c1.I. The third-order valence-electron chi connectivity index (χ3n) is 5.78. The third-order valence-corrected chi connectivity index (χ3v) is 5.78. The first-order chi connectivity index (χ1) is 15.6. The molecule has 0 spiro atoms. The minimum Gasteiger partial charge on any atom is -0.493 e. The van der Waals surface area contributed by atoms with E-state index in [-0.39, 0.29) is 24.0 Å². The van der Waals surface area contributed by atoms with Crippen molar-refractivity contribution in [2.45, 2.75) is 39.7 Å². The fraction of sp³-hybridized carbons (Fsp3) is 0.583. The van der Waals surface area contributed by atoms with Crippen LogP contribution < -0.4 is 15.4 Å². The molecule has 1 fully saturated rings. The van der Waals surface area contributed by atoms with E-state index in [4.69, 9.17) is 13.9 Å². The van der Waals surface area contributed by atoms with E-state index >= 15 is 0 Å². The minimum absolute atomic E-state index is 0. The molecular formula is C24H38IN5O3. The number of methoxy groups -OCH3 is 1. The van der Waals surface area contributed by atoms with E-state index in [0.717, 1.165) is 80.2 Å². The van der Waals surface area contributed by atoms with E-state index in [1.807, 2.05) is 38.1 Å². The van der Waals surface area contributed by atoms with Crippen LogP contribution in [0.2, 0.25) is 0 Å². The van der Waals surface area contributed by atoms with Gasteiger partial charge in [0.25, 0.3) is 0 Å². The molecule has 0 saturated carbocycles. The van der Waals surface area contributed by atoms with Crippen molar-refractivity contribution in [2.24, 2.45) is 10.9 Å². The topological polar surface area (TPSA) is 84.2 Å². The van der Waals surface area contributed by atoms with Gasteiger partial charge in [-0.2, -0.15) is 0 Å². The number of benzene rings is 1. The standard InChI is InChI=1S/C24H37N5O3.HI/c1-18-19(2)32-23(27-18)17-29-11-9-20(10-12-29)16-26-24(25-3)28-21-7-5-8-22(15-21)31-14-6-13-30-4;/h5,7-8,15,20H,6,9-14,16-17H2,1-4H3,(H2,25,26,28);1H. The monoisotopic (exact) mass is 571 g/mol. The van der Waals surface area contributed by atoms with Crippen LogP contribution in [0.5, 0.6) is 5.75 Å². The number of ether oxygens (including phenoxy) is 2. The minimum atomic E-state index is 0. The fourth-order valence-corrected chi connectivity index (χ4v) is 3.76. The first-order valence-corrected chi connectivity index (χ1v) is 11.4. The molecule has 184 valence electrons. The molecule has 1 aromatic carbocycles. The Morgan fingerprint density at radius 1 is 1.24 bits per heavy atom. The predicted octanol–water partition coefficient (Wildman–Crippen LogP) is 4.22. The highest BCUT2D eigenvalue weighted by molar-refractivity contribution is 14.0. The normalized spacial score (nSPS) is 15.2. The average molecular weight is 572 g/mol. The van der Waals surface area contributed by atoms with Crippen LogP contribution in [0.4, 0.5) is 5.69 Å². The lowest BCUT2D eigenvalue weighted by Crippen LogP contribution is -2.40. The molecule has 2 N–H and O–H groups in total. The number of anilines is 1. The van der Waals surface area contributed by atoms with Gasteiger partial charge in [0.2, 0.25) is 5.89 Å². The number of guanidine groups is 1. The Morgan fingerprint density at radius 2 is 2.03 bits per heavy atom. The lowest BCUT2D eigenvalue weighted by atomic mass is 9.97. The van der Waals surface area contributed by atoms with Gasteiger partial charge in [0.05, 0.1) is 18.8 Å². The molecule has 3 rings (SSSR count). The highest BCUT2D eigenvalue weighted by atomic mass is 127. The van der Waals surface area contributed by atoms with Crippen LogP contribution in [0.1, 0.15) is 36.6 Å². The Kier molecular flexibility index (Phi) is 12.0. The van der Waals surface area contributed by atoms with Crippen LogP contribution in [0, 0.1) is 19.8 Å². The van der Waals surface area contributed by atoms with Gasteiger partial charge in [-0.15, -0.1) is 24.0 Å². The van der Waals surface area contributed by atoms with Gasteiger partial charge in [0.1, 0.15) is 11.5 Å². The van der Waals surface area contributed by atoms with Crippen LogP contribution in [0.3, 0.4) is 0 Å². The van der Waals surface area contributed by atoms with Gasteiger partial charge in [-0.05, 0) is 57.8 Å². The van der Waals surface area contributed by atoms with E-state index in [9.17, 15) is 0 Å². The van der Waals surface area contributed by atoms with E-state index in [2.05, 4.69) is 25.5 Å². The summed E-state index contributed by atoms with van der Waals surface area (Å²) in [5.74, 6) is 3.97. The maximum atomic E-state index is 5.78. The summed E-state index contributed by atoms with van der Waals surface area (Å²) in [6.07, 6.45) is 3.16. The molecule has 9 heteroatoms. The number of rotatable bonds is 10. The molecule has 1 aliphatic heterocycles. The molecule has 1 aliphatic rings. The quantitative estimate of drug-likeness (QED) is 0.191. The predicted molar refractivity (Wildman–Crippen MR) is 143 cm³/mol. The third kappa shape index (κ3) is 9.13. The summed E-state index contributed by atoms with van der Waals surface area (Å²) in [6.45, 7) is 9.11. The Hall–Kier alpha value is -1.85. The molecule has 0 atom stereocenters. The van der Waals surface area contributed by atoms with Gasteiger partial charge in [0, 0.05) is 45.5 Å². The Morgan fingerprint density at radius 3 is 2.70 bits per heavy atom. The second kappa shape index (κ2) is 14.4. The van der Waals surface area contributed by atoms with Crippen molar-refractivity contribution in [3.05, 3.63) is 41.6 Å². The van der Waals surface area contributed by atoms with Gasteiger partial charge in [-0.1, -0.05) is 6.07 Å². The molecule has 0 amide bonds. The maximum Gasteiger partial charge on any atom is 0.208 e. The van der Waals surface area contributed by atoms with Gasteiger partial charge in [-0.25, -0.2) is 4.98 Å². The summed E-state index contributed by atoms with van der Waals surface area (Å²) in [5, 5.41) is 6.84. The number of aryl methyl sites for hydroxylation is 2. The van der Waals surface area contributed by atoms with E-state index in [1.54, 1.807) is 14.2 Å². The number of nitrogens with one attached hydrogen (secondary N) is 2. The van der Waals surface area contributed by atoms with Crippen LogP contribution in [-0.2, 0) is 11.3 Å². The molecule has 1 saturated heterocycles. The number of halogens is 1. The first-order valence-electron chi connectivity index (χ1n) is 11.4. The summed E-state index contributed by atoms with van der Waals surface area (Å²) in [7, 11) is 3.50. The molecular weight excluding hydrogens is 533 g/mol. The molecule has 8 nitrogen and oxygen atoms in total. The zero-order valence-electron chi connectivity index (χ0n) is 20.2. The summed E-state index contributed by atoms with van der Waals surface area (Å²) < 4.78 is 16.6. The Balaban J connectivity index is 0.00000385. The van der Waals surface area contributed by atoms with Crippen molar-refractivity contribution < 1.29 is 13.9 Å². The second-order valence-electron chi connectivity index (χ2n) is 8.27. The summed E-state index contributed by atoms with van der Waals surface area (Å²) in [5.41, 5.74) is 1.94. The Bertz CT molecular complexity index is 846. The number of oxazole rings is 1. The van der Waals surface area contributed by atoms with Crippen molar-refractivity contribution in [1.82, 2.24) is 15.2 Å². The largest absolute Gasteiger partial charge is 0.493 e. The number of aliphatic imine (C=N–C) groups is 1. The number of likely N-dealkylation sites (tertiary alicyclic amines) is 1. The van der Waals surface area contributed by atoms with E-state index < -0.39 is 0 Å². The summed E-state index contributed by atoms with van der Waals surface area (Å²) in [6, 6.07) is 7.94. The smallest absolute Gasteiger partial charge is 0.208 e. The number of nitrogens with zero attached hydrogens (tertiary/aromatic N) is 3. The van der Waals surface area contributed by atoms with Crippen molar-refractivity contribution >= 4 is 35.6 Å². The van der Waals surface area contributed by atoms with E-state index in [0.29, 0.717) is 19.1 Å². The number of aromatic nitrogens is 1. The summed E-state index contributed by atoms with van der Waals surface area (Å²) >= 11 is 0. The average Bonchev–Trinajstić information content (AvgIpc) is 3.12. The number of hydrogen-bond acceptors (Lipinski definition) is 6. The fourth-order valence-electron chi connectivity index (χ4n) is 3.76. The molecule has 1 aromatic heterocycles. The summed E-state index contributed by atoms with van der Waals surface area (Å²) in [4.78, 5) is 11.3. The number of hydrogen-bond donors (Lipinski definition) is 2. The van der Waals surface area contributed by atoms with Crippen LogP contribution in [0.25, 0.3) is 0 Å². The number of piperidine rings is 1. The van der Waals surface area contributed by atoms with Gasteiger partial charge >= 0.3 is 0 Å². The molecule has 33 heavy (non-hydrogen) atoms. The first kappa shape index (κ1) is 27.4. The van der Waals surface area contributed by atoms with Crippen molar-refractivity contribution in [3.63, 3.8) is 0 Å². The van der Waals surface area contributed by atoms with E-state index in [1.165, 1.54) is 0 Å². The lowest BCUT2D eigenvalue weighted by molar-refractivity contribution is 0.164. The molecule has 2 heterocycles. The van der Waals surface area contributed by atoms with Gasteiger partial charge in [-0.3, -0.25) is 9.89 Å². The van der Waals surface area contributed by atoms with Crippen molar-refractivity contribution in [2.75, 3.05) is 52.3 Å². The van der Waals surface area contributed by atoms with Crippen molar-refractivity contribution in [1.29, 1.82) is 0 Å².